The molecule has 0 spiro atoms. The van der Waals surface area contributed by atoms with Crippen LogP contribution in [0.2, 0.25) is 5.02 Å². The van der Waals surface area contributed by atoms with Gasteiger partial charge in [-0.1, -0.05) is 49.1 Å². The fraction of sp³-hybridized carbons (Fsp3) is 0.355. The normalized spacial score (nSPS) is 15.0. The van der Waals surface area contributed by atoms with Crippen LogP contribution in [0, 0.1) is 19.8 Å². The summed E-state index contributed by atoms with van der Waals surface area (Å²) in [7, 11) is 1.40. The van der Waals surface area contributed by atoms with Crippen molar-refractivity contribution in [3.05, 3.63) is 88.1 Å². The molecule has 1 aromatic heterocycles. The van der Waals surface area contributed by atoms with Crippen molar-refractivity contribution in [1.29, 1.82) is 0 Å². The third-order valence-electron chi connectivity index (χ3n) is 7.55. The number of methoxy groups -OCH3 is 1. The van der Waals surface area contributed by atoms with Crippen molar-refractivity contribution in [1.82, 2.24) is 9.78 Å². The van der Waals surface area contributed by atoms with E-state index in [9.17, 15) is 4.79 Å². The van der Waals surface area contributed by atoms with E-state index in [0.717, 1.165) is 33.5 Å². The summed E-state index contributed by atoms with van der Waals surface area (Å²) in [5, 5.41) is 6.89. The van der Waals surface area contributed by atoms with Gasteiger partial charge in [-0.2, -0.15) is 5.10 Å². The van der Waals surface area contributed by atoms with Crippen molar-refractivity contribution in [2.24, 2.45) is 5.92 Å². The average molecular weight is 517 g/mol. The van der Waals surface area contributed by atoms with Gasteiger partial charge in [-0.3, -0.25) is 0 Å². The third-order valence-corrected chi connectivity index (χ3v) is 7.80. The molecule has 192 valence electrons. The van der Waals surface area contributed by atoms with Crippen LogP contribution in [0.1, 0.15) is 65.2 Å². The maximum absolute atomic E-state index is 12.1. The molecule has 0 amide bonds. The Bertz CT molecular complexity index is 1380. The summed E-state index contributed by atoms with van der Waals surface area (Å²) in [5.74, 6) is 1.14. The molecule has 0 N–H and O–H groups in total. The number of nitrogens with zero attached hydrogens (tertiary/aromatic N) is 2. The summed E-state index contributed by atoms with van der Waals surface area (Å²) in [4.78, 5) is 12.1. The maximum Gasteiger partial charge on any atom is 0.337 e. The van der Waals surface area contributed by atoms with Gasteiger partial charge in [0.25, 0.3) is 0 Å². The van der Waals surface area contributed by atoms with E-state index in [-0.39, 0.29) is 11.9 Å². The van der Waals surface area contributed by atoms with Gasteiger partial charge in [-0.25, -0.2) is 9.48 Å². The summed E-state index contributed by atoms with van der Waals surface area (Å²) in [6, 6.07) is 19.9. The Morgan fingerprint density at radius 2 is 1.70 bits per heavy atom. The molecule has 4 aromatic rings. The smallest absolute Gasteiger partial charge is 0.337 e. The highest BCUT2D eigenvalue weighted by atomic mass is 35.5. The number of fused-ring (bicyclic) bond motifs is 1. The maximum atomic E-state index is 12.1. The standard InChI is InChI=1S/C31H33ClN2O3/c1-20-17-23(31(35)36-3)18-21(2)30(20)37-19-27(22-9-5-4-6-10-22)29-26-11-7-8-12-28(26)33-34(29)25-15-13-24(32)14-16-25/h7-8,11-18,22,27H,4-6,9-10,19H2,1-3H3. The number of esters is 1. The van der Waals surface area contributed by atoms with Crippen LogP contribution in [0.4, 0.5) is 0 Å². The molecule has 0 radical (unpaired) electrons. The van der Waals surface area contributed by atoms with E-state index in [1.807, 2.05) is 56.3 Å². The van der Waals surface area contributed by atoms with Crippen LogP contribution >= 0.6 is 11.6 Å². The second-order valence-electron chi connectivity index (χ2n) is 10.0. The molecule has 0 saturated heterocycles. The zero-order chi connectivity index (χ0) is 25.9. The zero-order valence-electron chi connectivity index (χ0n) is 21.7. The van der Waals surface area contributed by atoms with E-state index >= 15 is 0 Å². The first kappa shape index (κ1) is 25.3. The van der Waals surface area contributed by atoms with Gasteiger partial charge in [0.2, 0.25) is 0 Å². The highest BCUT2D eigenvalue weighted by Crippen LogP contribution is 2.41. The van der Waals surface area contributed by atoms with Crippen LogP contribution in [0.25, 0.3) is 16.6 Å². The molecule has 1 saturated carbocycles. The molecule has 3 aromatic carbocycles. The molecule has 0 aliphatic heterocycles. The Balaban J connectivity index is 1.57. The number of aromatic nitrogens is 2. The number of ether oxygens (including phenoxy) is 2. The van der Waals surface area contributed by atoms with E-state index < -0.39 is 0 Å². The lowest BCUT2D eigenvalue weighted by Gasteiger charge is -2.31. The first-order valence-electron chi connectivity index (χ1n) is 13.0. The number of rotatable bonds is 7. The van der Waals surface area contributed by atoms with Crippen LogP contribution in [-0.2, 0) is 4.74 Å². The van der Waals surface area contributed by atoms with E-state index in [4.69, 9.17) is 26.2 Å². The predicted molar refractivity (Wildman–Crippen MR) is 148 cm³/mol. The number of hydrogen-bond donors (Lipinski definition) is 0. The zero-order valence-corrected chi connectivity index (χ0v) is 22.4. The van der Waals surface area contributed by atoms with E-state index in [0.29, 0.717) is 23.1 Å². The molecule has 1 aliphatic rings. The van der Waals surface area contributed by atoms with Crippen LogP contribution in [0.5, 0.6) is 5.75 Å². The van der Waals surface area contributed by atoms with Crippen molar-refractivity contribution < 1.29 is 14.3 Å². The third kappa shape index (κ3) is 5.24. The largest absolute Gasteiger partial charge is 0.492 e. The van der Waals surface area contributed by atoms with Crippen molar-refractivity contribution in [2.75, 3.05) is 13.7 Å². The molecule has 37 heavy (non-hydrogen) atoms. The molecule has 6 heteroatoms. The van der Waals surface area contributed by atoms with E-state index in [1.54, 1.807) is 0 Å². The highest BCUT2D eigenvalue weighted by Gasteiger charge is 2.31. The molecule has 1 unspecified atom stereocenters. The Hall–Kier alpha value is -3.31. The van der Waals surface area contributed by atoms with Crippen molar-refractivity contribution >= 4 is 28.5 Å². The average Bonchev–Trinajstić information content (AvgIpc) is 3.30. The summed E-state index contributed by atoms with van der Waals surface area (Å²) in [6.45, 7) is 4.50. The Labute approximate surface area is 223 Å². The first-order chi connectivity index (χ1) is 18.0. The van der Waals surface area contributed by atoms with Gasteiger partial charge in [0.15, 0.2) is 0 Å². The molecule has 5 nitrogen and oxygen atoms in total. The molecule has 1 aliphatic carbocycles. The first-order valence-corrected chi connectivity index (χ1v) is 13.4. The number of halogens is 1. The minimum absolute atomic E-state index is 0.155. The van der Waals surface area contributed by atoms with Gasteiger partial charge < -0.3 is 9.47 Å². The molecule has 5 rings (SSSR count). The SMILES string of the molecule is COC(=O)c1cc(C)c(OCC(c2c3ccccc3nn2-c2ccc(Cl)cc2)C2CCCCC2)c(C)c1. The van der Waals surface area contributed by atoms with Crippen molar-refractivity contribution in [2.45, 2.75) is 51.9 Å². The molecule has 1 fully saturated rings. The van der Waals surface area contributed by atoms with Crippen LogP contribution < -0.4 is 4.74 Å². The second kappa shape index (κ2) is 11.0. The van der Waals surface area contributed by atoms with Gasteiger partial charge in [-0.05, 0) is 86.2 Å². The topological polar surface area (TPSA) is 53.4 Å². The number of carbonyl (C=O) groups is 1. The van der Waals surface area contributed by atoms with Crippen LogP contribution in [0.15, 0.2) is 60.7 Å². The molecule has 1 heterocycles. The number of hydrogen-bond acceptors (Lipinski definition) is 4. The lowest BCUT2D eigenvalue weighted by molar-refractivity contribution is 0.0600. The minimum atomic E-state index is -0.337. The fourth-order valence-electron chi connectivity index (χ4n) is 5.75. The summed E-state index contributed by atoms with van der Waals surface area (Å²) >= 11 is 6.21. The predicted octanol–water partition coefficient (Wildman–Crippen LogP) is 7.83. The van der Waals surface area contributed by atoms with Gasteiger partial charge in [0.1, 0.15) is 5.75 Å². The van der Waals surface area contributed by atoms with Crippen LogP contribution in [0.3, 0.4) is 0 Å². The Morgan fingerprint density at radius 3 is 2.38 bits per heavy atom. The lowest BCUT2D eigenvalue weighted by Crippen LogP contribution is -2.25. The molecular formula is C31H33ClN2O3. The summed E-state index contributed by atoms with van der Waals surface area (Å²) < 4.78 is 13.6. The minimum Gasteiger partial charge on any atom is -0.492 e. The lowest BCUT2D eigenvalue weighted by atomic mass is 9.78. The van der Waals surface area contributed by atoms with Crippen LogP contribution in [-0.4, -0.2) is 29.5 Å². The van der Waals surface area contributed by atoms with Gasteiger partial charge in [0.05, 0.1) is 36.2 Å². The second-order valence-corrected chi connectivity index (χ2v) is 10.5. The highest BCUT2D eigenvalue weighted by molar-refractivity contribution is 6.30. The summed E-state index contributed by atoms with van der Waals surface area (Å²) in [5.41, 5.74) is 5.55. The molecular weight excluding hydrogens is 484 g/mol. The monoisotopic (exact) mass is 516 g/mol. The molecule has 0 bridgehead atoms. The number of benzene rings is 3. The quantitative estimate of drug-likeness (QED) is 0.235. The fourth-order valence-corrected chi connectivity index (χ4v) is 5.88. The number of aryl methyl sites for hydroxylation is 2. The Kier molecular flexibility index (Phi) is 7.52. The van der Waals surface area contributed by atoms with E-state index in [1.165, 1.54) is 44.9 Å². The van der Waals surface area contributed by atoms with Gasteiger partial charge in [-0.15, -0.1) is 0 Å². The Morgan fingerprint density at radius 1 is 1.03 bits per heavy atom. The summed E-state index contributed by atoms with van der Waals surface area (Å²) in [6.07, 6.45) is 6.11. The van der Waals surface area contributed by atoms with E-state index in [2.05, 4.69) is 22.9 Å². The van der Waals surface area contributed by atoms with Gasteiger partial charge >= 0.3 is 5.97 Å². The van der Waals surface area contributed by atoms with Gasteiger partial charge in [0, 0.05) is 16.3 Å². The van der Waals surface area contributed by atoms with Crippen molar-refractivity contribution in [3.63, 3.8) is 0 Å². The van der Waals surface area contributed by atoms with Crippen molar-refractivity contribution in [3.8, 4) is 11.4 Å². The number of carbonyl (C=O) groups excluding carboxylic acids is 1. The molecule has 1 atom stereocenters.